The lowest BCUT2D eigenvalue weighted by molar-refractivity contribution is -0.125. The Hall–Kier alpha value is -2.94. The number of benzene rings is 1. The minimum Gasteiger partial charge on any atom is -0.357 e. The maximum atomic E-state index is 13.9. The fraction of sp³-hybridized carbons (Fsp3) is 0.560. The molecule has 0 radical (unpaired) electrons. The first-order valence-corrected chi connectivity index (χ1v) is 12.1. The van der Waals surface area contributed by atoms with Crippen LogP contribution in [0.5, 0.6) is 0 Å². The summed E-state index contributed by atoms with van der Waals surface area (Å²) in [6, 6.07) is 8.38. The van der Waals surface area contributed by atoms with E-state index in [1.165, 1.54) is 23.7 Å². The molecule has 184 valence electrons. The molecular formula is C25H34FN5O3. The average Bonchev–Trinajstić information content (AvgIpc) is 2.85. The third-order valence-electron chi connectivity index (χ3n) is 7.24. The summed E-state index contributed by atoms with van der Waals surface area (Å²) in [6.07, 6.45) is 3.57. The summed E-state index contributed by atoms with van der Waals surface area (Å²) >= 11 is 0. The number of carbonyl (C=O) groups excluding carboxylic acids is 1. The molecule has 0 spiro atoms. The van der Waals surface area contributed by atoms with Crippen LogP contribution in [0.1, 0.15) is 31.2 Å². The van der Waals surface area contributed by atoms with E-state index in [1.807, 2.05) is 17.0 Å². The second kappa shape index (κ2) is 10.5. The average molecular weight is 472 g/mol. The number of halogens is 1. The molecule has 2 saturated heterocycles. The van der Waals surface area contributed by atoms with Gasteiger partial charge in [-0.2, -0.15) is 0 Å². The zero-order chi connectivity index (χ0) is 24.2. The summed E-state index contributed by atoms with van der Waals surface area (Å²) < 4.78 is 16.5. The van der Waals surface area contributed by atoms with Gasteiger partial charge >= 0.3 is 5.69 Å². The van der Waals surface area contributed by atoms with Crippen molar-refractivity contribution in [1.82, 2.24) is 19.4 Å². The molecule has 2 aliphatic rings. The molecule has 0 aliphatic carbocycles. The van der Waals surface area contributed by atoms with Crippen molar-refractivity contribution in [3.05, 3.63) is 62.6 Å². The van der Waals surface area contributed by atoms with Crippen LogP contribution in [0, 0.1) is 17.7 Å². The van der Waals surface area contributed by atoms with Gasteiger partial charge in [0, 0.05) is 51.9 Å². The SMILES string of the molecule is Cn1c(N2CCC[C@H](C(=O)NCC3CCN(Cc4ccccc4F)CC3)C2)cc(=O)n(C)c1=O. The Labute approximate surface area is 199 Å². The van der Waals surface area contributed by atoms with E-state index in [0.717, 1.165) is 48.9 Å². The molecule has 1 aromatic carbocycles. The van der Waals surface area contributed by atoms with E-state index in [1.54, 1.807) is 13.1 Å². The van der Waals surface area contributed by atoms with Crippen LogP contribution in [0.25, 0.3) is 0 Å². The molecule has 2 fully saturated rings. The zero-order valence-corrected chi connectivity index (χ0v) is 20.0. The van der Waals surface area contributed by atoms with Gasteiger partial charge in [0.1, 0.15) is 11.6 Å². The zero-order valence-electron chi connectivity index (χ0n) is 20.0. The molecule has 9 heteroatoms. The molecule has 3 heterocycles. The van der Waals surface area contributed by atoms with E-state index in [-0.39, 0.29) is 28.9 Å². The molecule has 34 heavy (non-hydrogen) atoms. The van der Waals surface area contributed by atoms with Gasteiger partial charge < -0.3 is 10.2 Å². The van der Waals surface area contributed by atoms with Gasteiger partial charge in [0.25, 0.3) is 5.56 Å². The van der Waals surface area contributed by atoms with Crippen LogP contribution < -0.4 is 21.5 Å². The third-order valence-corrected chi connectivity index (χ3v) is 7.24. The molecule has 2 aromatic rings. The Morgan fingerprint density at radius 1 is 1.06 bits per heavy atom. The highest BCUT2D eigenvalue weighted by Crippen LogP contribution is 2.23. The molecule has 1 amide bonds. The van der Waals surface area contributed by atoms with Crippen molar-refractivity contribution in [2.75, 3.05) is 37.6 Å². The Morgan fingerprint density at radius 2 is 1.79 bits per heavy atom. The minimum absolute atomic E-state index is 0.0346. The van der Waals surface area contributed by atoms with Crippen molar-refractivity contribution in [2.45, 2.75) is 32.2 Å². The van der Waals surface area contributed by atoms with E-state index in [9.17, 15) is 18.8 Å². The highest BCUT2D eigenvalue weighted by Gasteiger charge is 2.28. The third kappa shape index (κ3) is 5.41. The summed E-state index contributed by atoms with van der Waals surface area (Å²) in [5, 5.41) is 3.14. The van der Waals surface area contributed by atoms with Crippen LogP contribution in [0.3, 0.4) is 0 Å². The number of rotatable bonds is 6. The predicted molar refractivity (Wildman–Crippen MR) is 129 cm³/mol. The first kappa shape index (κ1) is 24.2. The van der Waals surface area contributed by atoms with E-state index < -0.39 is 0 Å². The number of likely N-dealkylation sites (tertiary alicyclic amines) is 1. The van der Waals surface area contributed by atoms with Crippen molar-refractivity contribution in [3.8, 4) is 0 Å². The maximum Gasteiger partial charge on any atom is 0.332 e. The molecule has 4 rings (SSSR count). The smallest absolute Gasteiger partial charge is 0.332 e. The number of nitrogens with zero attached hydrogens (tertiary/aromatic N) is 4. The largest absolute Gasteiger partial charge is 0.357 e. The molecule has 0 bridgehead atoms. The molecule has 2 aliphatic heterocycles. The van der Waals surface area contributed by atoms with Gasteiger partial charge in [-0.05, 0) is 50.8 Å². The minimum atomic E-state index is -0.365. The summed E-state index contributed by atoms with van der Waals surface area (Å²) in [5.74, 6) is 0.682. The van der Waals surface area contributed by atoms with Gasteiger partial charge in [0.15, 0.2) is 0 Å². The fourth-order valence-electron chi connectivity index (χ4n) is 5.03. The van der Waals surface area contributed by atoms with Crippen molar-refractivity contribution in [1.29, 1.82) is 0 Å². The van der Waals surface area contributed by atoms with Crippen LogP contribution in [-0.4, -0.2) is 52.7 Å². The number of carbonyl (C=O) groups is 1. The van der Waals surface area contributed by atoms with Gasteiger partial charge in [-0.3, -0.25) is 23.6 Å². The van der Waals surface area contributed by atoms with Gasteiger partial charge in [-0.15, -0.1) is 0 Å². The lowest BCUT2D eigenvalue weighted by Crippen LogP contribution is -2.47. The summed E-state index contributed by atoms with van der Waals surface area (Å²) in [4.78, 5) is 41.5. The summed E-state index contributed by atoms with van der Waals surface area (Å²) in [5.41, 5.74) is 0.0197. The van der Waals surface area contributed by atoms with Crippen molar-refractivity contribution >= 4 is 11.7 Å². The molecule has 8 nitrogen and oxygen atoms in total. The monoisotopic (exact) mass is 471 g/mol. The quantitative estimate of drug-likeness (QED) is 0.690. The number of hydrogen-bond acceptors (Lipinski definition) is 5. The van der Waals surface area contributed by atoms with Crippen molar-refractivity contribution in [2.24, 2.45) is 25.9 Å². The Balaban J connectivity index is 1.27. The van der Waals surface area contributed by atoms with Crippen molar-refractivity contribution in [3.63, 3.8) is 0 Å². The topological polar surface area (TPSA) is 79.6 Å². The molecular weight excluding hydrogens is 437 g/mol. The van der Waals surface area contributed by atoms with Crippen LogP contribution in [0.15, 0.2) is 39.9 Å². The lowest BCUT2D eigenvalue weighted by Gasteiger charge is -2.35. The Kier molecular flexibility index (Phi) is 7.50. The standard InChI is InChI=1S/C25H34FN5O3/c1-28-22(14-23(32)29(2)25(28)34)31-11-5-7-20(17-31)24(33)27-15-18-9-12-30(13-10-18)16-19-6-3-4-8-21(19)26/h3-4,6,8,14,18,20H,5,7,9-13,15-17H2,1-2H3,(H,27,33)/t20-/m0/s1. The first-order chi connectivity index (χ1) is 16.3. The highest BCUT2D eigenvalue weighted by atomic mass is 19.1. The molecule has 1 aromatic heterocycles. The van der Waals surface area contributed by atoms with Crippen LogP contribution in [0.4, 0.5) is 10.2 Å². The lowest BCUT2D eigenvalue weighted by atomic mass is 9.94. The fourth-order valence-corrected chi connectivity index (χ4v) is 5.03. The molecule has 0 unspecified atom stereocenters. The van der Waals surface area contributed by atoms with E-state index in [2.05, 4.69) is 10.2 Å². The van der Waals surface area contributed by atoms with E-state index in [4.69, 9.17) is 0 Å². The Morgan fingerprint density at radius 3 is 2.53 bits per heavy atom. The Bertz CT molecular complexity index is 1140. The van der Waals surface area contributed by atoms with Gasteiger partial charge in [-0.25, -0.2) is 9.18 Å². The summed E-state index contributed by atoms with van der Waals surface area (Å²) in [6.45, 7) is 4.26. The van der Waals surface area contributed by atoms with Gasteiger partial charge in [0.05, 0.1) is 5.92 Å². The number of anilines is 1. The predicted octanol–water partition coefficient (Wildman–Crippen LogP) is 1.47. The second-order valence-corrected chi connectivity index (χ2v) is 9.58. The molecule has 1 N–H and O–H groups in total. The number of hydrogen-bond donors (Lipinski definition) is 1. The molecule has 1 atom stereocenters. The van der Waals surface area contributed by atoms with Crippen LogP contribution in [0.2, 0.25) is 0 Å². The summed E-state index contributed by atoms with van der Waals surface area (Å²) in [7, 11) is 3.12. The van der Waals surface area contributed by atoms with E-state index in [0.29, 0.717) is 37.9 Å². The number of piperidine rings is 2. The van der Waals surface area contributed by atoms with E-state index >= 15 is 0 Å². The second-order valence-electron chi connectivity index (χ2n) is 9.58. The van der Waals surface area contributed by atoms with Crippen molar-refractivity contribution < 1.29 is 9.18 Å². The van der Waals surface area contributed by atoms with Gasteiger partial charge in [0.2, 0.25) is 5.91 Å². The number of aromatic nitrogens is 2. The number of nitrogens with one attached hydrogen (secondary N) is 1. The normalized spacial score (nSPS) is 19.9. The molecule has 0 saturated carbocycles. The van der Waals surface area contributed by atoms with Gasteiger partial charge in [-0.1, -0.05) is 18.2 Å². The maximum absolute atomic E-state index is 13.9. The van der Waals surface area contributed by atoms with Crippen LogP contribution in [-0.2, 0) is 25.4 Å². The first-order valence-electron chi connectivity index (χ1n) is 12.1. The highest BCUT2D eigenvalue weighted by molar-refractivity contribution is 5.79. The number of amides is 1. The van der Waals surface area contributed by atoms with Crippen LogP contribution >= 0.6 is 0 Å².